The predicted octanol–water partition coefficient (Wildman–Crippen LogP) is 3.16. The lowest BCUT2D eigenvalue weighted by Gasteiger charge is -2.09. The van der Waals surface area contributed by atoms with E-state index < -0.39 is 0 Å². The number of methoxy groups -OCH3 is 1. The largest absolute Gasteiger partial charge is 0.484 e. The van der Waals surface area contributed by atoms with Gasteiger partial charge in [0.05, 0.1) is 13.0 Å². The minimum atomic E-state index is -0.247. The van der Waals surface area contributed by atoms with E-state index in [1.165, 1.54) is 0 Å². The normalized spacial score (nSPS) is 10.5. The summed E-state index contributed by atoms with van der Waals surface area (Å²) in [5.41, 5.74) is 1.52. The molecule has 0 saturated carbocycles. The Kier molecular flexibility index (Phi) is 7.19. The molecule has 0 bridgehead atoms. The zero-order valence-corrected chi connectivity index (χ0v) is 16.3. The summed E-state index contributed by atoms with van der Waals surface area (Å²) in [4.78, 5) is 23.9. The molecular weight excluding hydrogens is 368 g/mol. The smallest absolute Gasteiger partial charge is 0.262 e. The summed E-state index contributed by atoms with van der Waals surface area (Å²) in [5.74, 6) is 0.333. The topological polar surface area (TPSA) is 76.7 Å². The molecule has 0 heterocycles. The number of anilines is 1. The minimum absolute atomic E-state index is 0.0670. The van der Waals surface area contributed by atoms with E-state index in [2.05, 4.69) is 10.6 Å². The summed E-state index contributed by atoms with van der Waals surface area (Å²) in [6, 6.07) is 20.9. The fraction of sp³-hybridized carbons (Fsp3) is 0.217. The van der Waals surface area contributed by atoms with Crippen molar-refractivity contribution in [3.63, 3.8) is 0 Å². The van der Waals surface area contributed by atoms with E-state index in [1.807, 2.05) is 54.6 Å². The monoisotopic (exact) mass is 392 g/mol. The lowest BCUT2D eigenvalue weighted by Crippen LogP contribution is -2.28. The van der Waals surface area contributed by atoms with Crippen molar-refractivity contribution in [1.82, 2.24) is 5.32 Å². The average molecular weight is 392 g/mol. The first kappa shape index (κ1) is 20.4. The van der Waals surface area contributed by atoms with E-state index in [-0.39, 0.29) is 24.8 Å². The maximum Gasteiger partial charge on any atom is 0.262 e. The molecule has 0 fully saturated rings. The maximum atomic E-state index is 12.1. The molecular formula is C23H24N2O4. The lowest BCUT2D eigenvalue weighted by molar-refractivity contribution is -0.120. The number of fused-ring (bicyclic) bond motifs is 1. The van der Waals surface area contributed by atoms with E-state index in [1.54, 1.807) is 19.2 Å². The molecule has 29 heavy (non-hydrogen) atoms. The van der Waals surface area contributed by atoms with Gasteiger partial charge < -0.3 is 20.1 Å². The average Bonchev–Trinajstić information content (AvgIpc) is 2.74. The van der Waals surface area contributed by atoms with E-state index in [4.69, 9.17) is 9.47 Å². The Bertz CT molecular complexity index is 970. The molecule has 0 aliphatic carbocycles. The van der Waals surface area contributed by atoms with Crippen LogP contribution < -0.4 is 15.4 Å². The van der Waals surface area contributed by atoms with E-state index in [9.17, 15) is 9.59 Å². The second kappa shape index (κ2) is 10.2. The second-order valence-corrected chi connectivity index (χ2v) is 6.56. The summed E-state index contributed by atoms with van der Waals surface area (Å²) in [6.45, 7) is 0.890. The molecule has 0 saturated heterocycles. The molecule has 3 rings (SSSR count). The zero-order valence-electron chi connectivity index (χ0n) is 16.3. The first-order valence-corrected chi connectivity index (χ1v) is 9.40. The number of amides is 2. The number of ether oxygens (including phenoxy) is 2. The van der Waals surface area contributed by atoms with Gasteiger partial charge in [-0.3, -0.25) is 9.59 Å². The van der Waals surface area contributed by atoms with Crippen molar-refractivity contribution in [2.24, 2.45) is 0 Å². The van der Waals surface area contributed by atoms with Crippen LogP contribution in [0.15, 0.2) is 66.7 Å². The molecule has 0 aliphatic heterocycles. The van der Waals surface area contributed by atoms with Crippen LogP contribution in [0.2, 0.25) is 0 Å². The number of nitrogens with one attached hydrogen (secondary N) is 2. The van der Waals surface area contributed by atoms with Gasteiger partial charge in [0.25, 0.3) is 5.91 Å². The highest BCUT2D eigenvalue weighted by Gasteiger charge is 2.06. The van der Waals surface area contributed by atoms with Crippen LogP contribution in [-0.2, 0) is 20.7 Å². The van der Waals surface area contributed by atoms with Gasteiger partial charge in [0.15, 0.2) is 6.61 Å². The highest BCUT2D eigenvalue weighted by atomic mass is 16.5. The van der Waals surface area contributed by atoms with Crippen molar-refractivity contribution in [2.75, 3.05) is 32.2 Å². The molecule has 6 nitrogen and oxygen atoms in total. The Labute approximate surface area is 169 Å². The van der Waals surface area contributed by atoms with Gasteiger partial charge in [-0.2, -0.15) is 0 Å². The summed E-state index contributed by atoms with van der Waals surface area (Å²) < 4.78 is 10.5. The third-order valence-corrected chi connectivity index (χ3v) is 4.32. The SMILES string of the molecule is COCCNC(=O)Cc1ccc(NC(=O)COc2ccc3ccccc3c2)cc1. The Morgan fingerprint density at radius 3 is 2.41 bits per heavy atom. The summed E-state index contributed by atoms with van der Waals surface area (Å²) >= 11 is 0. The minimum Gasteiger partial charge on any atom is -0.484 e. The fourth-order valence-electron chi connectivity index (χ4n) is 2.85. The van der Waals surface area contributed by atoms with Crippen LogP contribution >= 0.6 is 0 Å². The molecule has 0 aromatic heterocycles. The van der Waals surface area contributed by atoms with E-state index in [0.29, 0.717) is 24.6 Å². The van der Waals surface area contributed by atoms with Crippen LogP contribution in [0.25, 0.3) is 10.8 Å². The number of hydrogen-bond donors (Lipinski definition) is 2. The highest BCUT2D eigenvalue weighted by Crippen LogP contribution is 2.20. The number of carbonyl (C=O) groups excluding carboxylic acids is 2. The van der Waals surface area contributed by atoms with Crippen molar-refractivity contribution in [1.29, 1.82) is 0 Å². The molecule has 2 amide bonds. The molecule has 0 unspecified atom stereocenters. The molecule has 0 radical (unpaired) electrons. The van der Waals surface area contributed by atoms with Crippen LogP contribution in [0.4, 0.5) is 5.69 Å². The fourth-order valence-corrected chi connectivity index (χ4v) is 2.85. The molecule has 3 aromatic carbocycles. The van der Waals surface area contributed by atoms with Gasteiger partial charge >= 0.3 is 0 Å². The van der Waals surface area contributed by atoms with Crippen molar-refractivity contribution >= 4 is 28.3 Å². The summed E-state index contributed by atoms with van der Waals surface area (Å²) in [5, 5.41) is 7.75. The molecule has 0 atom stereocenters. The highest BCUT2D eigenvalue weighted by molar-refractivity contribution is 5.92. The lowest BCUT2D eigenvalue weighted by atomic mass is 10.1. The third-order valence-electron chi connectivity index (χ3n) is 4.32. The third kappa shape index (κ3) is 6.33. The van der Waals surface area contributed by atoms with Crippen molar-refractivity contribution in [2.45, 2.75) is 6.42 Å². The van der Waals surface area contributed by atoms with E-state index in [0.717, 1.165) is 16.3 Å². The molecule has 3 aromatic rings. The van der Waals surface area contributed by atoms with Crippen LogP contribution in [-0.4, -0.2) is 38.7 Å². The zero-order chi connectivity index (χ0) is 20.5. The van der Waals surface area contributed by atoms with Crippen LogP contribution in [0.3, 0.4) is 0 Å². The second-order valence-electron chi connectivity index (χ2n) is 6.56. The molecule has 6 heteroatoms. The number of benzene rings is 3. The van der Waals surface area contributed by atoms with Crippen LogP contribution in [0, 0.1) is 0 Å². The number of hydrogen-bond acceptors (Lipinski definition) is 4. The molecule has 150 valence electrons. The quantitative estimate of drug-likeness (QED) is 0.549. The van der Waals surface area contributed by atoms with Crippen molar-refractivity contribution < 1.29 is 19.1 Å². The predicted molar refractivity (Wildman–Crippen MR) is 113 cm³/mol. The van der Waals surface area contributed by atoms with Gasteiger partial charge in [0, 0.05) is 19.3 Å². The summed E-state index contributed by atoms with van der Waals surface area (Å²) in [7, 11) is 1.59. The molecule has 2 N–H and O–H groups in total. The standard InChI is InChI=1S/C23H24N2O4/c1-28-13-12-24-22(26)14-17-6-9-20(10-7-17)25-23(27)16-29-21-11-8-18-4-2-3-5-19(18)15-21/h2-11,15H,12-14,16H2,1H3,(H,24,26)(H,25,27). The Morgan fingerprint density at radius 1 is 0.897 bits per heavy atom. The van der Waals surface area contributed by atoms with Gasteiger partial charge in [-0.25, -0.2) is 0 Å². The van der Waals surface area contributed by atoms with Gasteiger partial charge in [0.2, 0.25) is 5.91 Å². The first-order valence-electron chi connectivity index (χ1n) is 9.40. The number of carbonyl (C=O) groups is 2. The number of rotatable bonds is 9. The summed E-state index contributed by atoms with van der Waals surface area (Å²) in [6.07, 6.45) is 0.281. The molecule has 0 spiro atoms. The van der Waals surface area contributed by atoms with Crippen LogP contribution in [0.1, 0.15) is 5.56 Å². The van der Waals surface area contributed by atoms with Gasteiger partial charge in [-0.1, -0.05) is 42.5 Å². The van der Waals surface area contributed by atoms with Gasteiger partial charge in [-0.15, -0.1) is 0 Å². The maximum absolute atomic E-state index is 12.1. The van der Waals surface area contributed by atoms with Gasteiger partial charge in [-0.05, 0) is 40.6 Å². The van der Waals surface area contributed by atoms with Crippen molar-refractivity contribution in [3.8, 4) is 5.75 Å². The van der Waals surface area contributed by atoms with Crippen LogP contribution in [0.5, 0.6) is 5.75 Å². The van der Waals surface area contributed by atoms with Crippen molar-refractivity contribution in [3.05, 3.63) is 72.3 Å². The molecule has 0 aliphatic rings. The van der Waals surface area contributed by atoms with E-state index >= 15 is 0 Å². The Balaban J connectivity index is 1.46. The van der Waals surface area contributed by atoms with Gasteiger partial charge in [0.1, 0.15) is 5.75 Å². The Morgan fingerprint density at radius 2 is 1.66 bits per heavy atom. The first-order chi connectivity index (χ1) is 14.1. The Hall–Kier alpha value is -3.38.